The number of halogens is 1. The van der Waals surface area contributed by atoms with E-state index in [4.69, 9.17) is 17.3 Å². The summed E-state index contributed by atoms with van der Waals surface area (Å²) in [7, 11) is 0. The Bertz CT molecular complexity index is 520. The van der Waals surface area contributed by atoms with E-state index < -0.39 is 0 Å². The van der Waals surface area contributed by atoms with Gasteiger partial charge in [0.05, 0.1) is 0 Å². The van der Waals surface area contributed by atoms with Gasteiger partial charge in [-0.1, -0.05) is 24.1 Å². The third-order valence-electron chi connectivity index (χ3n) is 3.92. The fourth-order valence-corrected chi connectivity index (χ4v) is 2.90. The third kappa shape index (κ3) is 1.30. The van der Waals surface area contributed by atoms with Crippen LogP contribution in [0.3, 0.4) is 0 Å². The molecule has 0 amide bonds. The predicted octanol–water partition coefficient (Wildman–Crippen LogP) is 3.20. The van der Waals surface area contributed by atoms with Crippen molar-refractivity contribution in [2.75, 3.05) is 6.54 Å². The second kappa shape index (κ2) is 3.51. The highest BCUT2D eigenvalue weighted by molar-refractivity contribution is 6.31. The second-order valence-electron chi connectivity index (χ2n) is 4.73. The Labute approximate surface area is 99.8 Å². The molecule has 0 saturated heterocycles. The molecule has 0 bridgehead atoms. The van der Waals surface area contributed by atoms with Gasteiger partial charge in [0.15, 0.2) is 0 Å². The van der Waals surface area contributed by atoms with Gasteiger partial charge in [0.25, 0.3) is 0 Å². The first-order chi connectivity index (χ1) is 7.75. The van der Waals surface area contributed by atoms with Crippen LogP contribution >= 0.6 is 11.6 Å². The first-order valence-electron chi connectivity index (χ1n) is 5.72. The van der Waals surface area contributed by atoms with E-state index in [1.807, 2.05) is 12.1 Å². The van der Waals surface area contributed by atoms with E-state index in [1.165, 1.54) is 30.2 Å². The Morgan fingerprint density at radius 3 is 2.81 bits per heavy atom. The molecule has 1 fully saturated rings. The van der Waals surface area contributed by atoms with Gasteiger partial charge in [0.2, 0.25) is 0 Å². The standard InChI is InChI=1S/C13H15ClN2/c14-9-2-3-10-11(7-16-12(10)6-9)13(8-15)4-1-5-13/h2-3,6-7,16H,1,4-5,8,15H2. The molecule has 0 unspecified atom stereocenters. The normalized spacial score (nSPS) is 18.6. The number of fused-ring (bicyclic) bond motifs is 1. The first kappa shape index (κ1) is 10.2. The number of rotatable bonds is 2. The summed E-state index contributed by atoms with van der Waals surface area (Å²) in [5.41, 5.74) is 8.64. The molecule has 1 aliphatic rings. The molecule has 0 radical (unpaired) electrons. The van der Waals surface area contributed by atoms with Crippen molar-refractivity contribution in [3.05, 3.63) is 35.0 Å². The van der Waals surface area contributed by atoms with Crippen LogP contribution in [0.1, 0.15) is 24.8 Å². The van der Waals surface area contributed by atoms with Crippen LogP contribution in [0.5, 0.6) is 0 Å². The molecule has 1 aliphatic carbocycles. The van der Waals surface area contributed by atoms with Gasteiger partial charge in [-0.25, -0.2) is 0 Å². The minimum atomic E-state index is 0.214. The molecule has 0 spiro atoms. The summed E-state index contributed by atoms with van der Waals surface area (Å²) < 4.78 is 0. The molecule has 1 heterocycles. The molecule has 1 saturated carbocycles. The molecule has 0 aliphatic heterocycles. The Morgan fingerprint density at radius 2 is 2.19 bits per heavy atom. The number of hydrogen-bond donors (Lipinski definition) is 2. The highest BCUT2D eigenvalue weighted by Gasteiger charge is 2.38. The summed E-state index contributed by atoms with van der Waals surface area (Å²) in [4.78, 5) is 3.30. The first-order valence-corrected chi connectivity index (χ1v) is 6.10. The summed E-state index contributed by atoms with van der Waals surface area (Å²) in [5, 5.41) is 2.05. The van der Waals surface area contributed by atoms with Gasteiger partial charge in [-0.05, 0) is 30.5 Å². The van der Waals surface area contributed by atoms with Crippen molar-refractivity contribution in [1.29, 1.82) is 0 Å². The Kier molecular flexibility index (Phi) is 2.23. The van der Waals surface area contributed by atoms with E-state index in [0.29, 0.717) is 0 Å². The minimum absolute atomic E-state index is 0.214. The summed E-state index contributed by atoms with van der Waals surface area (Å²) >= 11 is 5.98. The van der Waals surface area contributed by atoms with Gasteiger partial charge in [-0.3, -0.25) is 0 Å². The van der Waals surface area contributed by atoms with Crippen LogP contribution in [0.2, 0.25) is 5.02 Å². The van der Waals surface area contributed by atoms with Crippen molar-refractivity contribution in [3.8, 4) is 0 Å². The van der Waals surface area contributed by atoms with E-state index in [2.05, 4.69) is 17.2 Å². The van der Waals surface area contributed by atoms with E-state index >= 15 is 0 Å². The SMILES string of the molecule is NCC1(c2c[nH]c3cc(Cl)ccc23)CCC1. The molecule has 3 N–H and O–H groups in total. The van der Waals surface area contributed by atoms with Crippen LogP contribution in [0, 0.1) is 0 Å². The average Bonchev–Trinajstić information content (AvgIpc) is 2.61. The fourth-order valence-electron chi connectivity index (χ4n) is 2.72. The molecule has 2 aromatic rings. The molecule has 84 valence electrons. The number of aromatic nitrogens is 1. The molecule has 0 atom stereocenters. The smallest absolute Gasteiger partial charge is 0.0471 e. The fraction of sp³-hybridized carbons (Fsp3) is 0.385. The Balaban J connectivity index is 2.17. The number of hydrogen-bond acceptors (Lipinski definition) is 1. The van der Waals surface area contributed by atoms with Crippen LogP contribution in [-0.2, 0) is 5.41 Å². The minimum Gasteiger partial charge on any atom is -0.361 e. The number of nitrogens with one attached hydrogen (secondary N) is 1. The number of nitrogens with two attached hydrogens (primary N) is 1. The van der Waals surface area contributed by atoms with E-state index in [0.717, 1.165) is 17.1 Å². The summed E-state index contributed by atoms with van der Waals surface area (Å²) in [6, 6.07) is 6.02. The van der Waals surface area contributed by atoms with Crippen LogP contribution in [0.25, 0.3) is 10.9 Å². The lowest BCUT2D eigenvalue weighted by molar-refractivity contribution is 0.255. The lowest BCUT2D eigenvalue weighted by Crippen LogP contribution is -2.41. The number of H-pyrrole nitrogens is 1. The molecule has 3 heteroatoms. The van der Waals surface area contributed by atoms with Crippen molar-refractivity contribution in [2.24, 2.45) is 5.73 Å². The van der Waals surface area contributed by atoms with E-state index in [1.54, 1.807) is 0 Å². The summed E-state index contributed by atoms with van der Waals surface area (Å²) in [6.07, 6.45) is 5.81. The van der Waals surface area contributed by atoms with Gasteiger partial charge in [0.1, 0.15) is 0 Å². The topological polar surface area (TPSA) is 41.8 Å². The molecular formula is C13H15ClN2. The van der Waals surface area contributed by atoms with Crippen LogP contribution in [-0.4, -0.2) is 11.5 Å². The van der Waals surface area contributed by atoms with Crippen molar-refractivity contribution in [1.82, 2.24) is 4.98 Å². The van der Waals surface area contributed by atoms with Crippen molar-refractivity contribution in [2.45, 2.75) is 24.7 Å². The van der Waals surface area contributed by atoms with Gasteiger partial charge in [-0.15, -0.1) is 0 Å². The van der Waals surface area contributed by atoms with E-state index in [9.17, 15) is 0 Å². The molecule has 16 heavy (non-hydrogen) atoms. The lowest BCUT2D eigenvalue weighted by atomic mass is 9.64. The third-order valence-corrected chi connectivity index (χ3v) is 4.15. The largest absolute Gasteiger partial charge is 0.361 e. The van der Waals surface area contributed by atoms with Crippen molar-refractivity contribution >= 4 is 22.5 Å². The highest BCUT2D eigenvalue weighted by atomic mass is 35.5. The van der Waals surface area contributed by atoms with Crippen LogP contribution in [0.4, 0.5) is 0 Å². The average molecular weight is 235 g/mol. The second-order valence-corrected chi connectivity index (χ2v) is 5.17. The molecule has 3 rings (SSSR count). The molecule has 1 aromatic carbocycles. The highest BCUT2D eigenvalue weighted by Crippen LogP contribution is 2.45. The number of aromatic amines is 1. The maximum absolute atomic E-state index is 5.98. The predicted molar refractivity (Wildman–Crippen MR) is 67.9 cm³/mol. The maximum atomic E-state index is 5.98. The van der Waals surface area contributed by atoms with Crippen LogP contribution in [0.15, 0.2) is 24.4 Å². The molecule has 2 nitrogen and oxygen atoms in total. The monoisotopic (exact) mass is 234 g/mol. The zero-order valence-electron chi connectivity index (χ0n) is 9.09. The Morgan fingerprint density at radius 1 is 1.38 bits per heavy atom. The number of benzene rings is 1. The molecule has 1 aromatic heterocycles. The maximum Gasteiger partial charge on any atom is 0.0471 e. The van der Waals surface area contributed by atoms with Crippen molar-refractivity contribution in [3.63, 3.8) is 0 Å². The molecular weight excluding hydrogens is 220 g/mol. The van der Waals surface area contributed by atoms with Crippen LogP contribution < -0.4 is 5.73 Å². The zero-order chi connectivity index (χ0) is 11.2. The van der Waals surface area contributed by atoms with Gasteiger partial charge < -0.3 is 10.7 Å². The van der Waals surface area contributed by atoms with Gasteiger partial charge >= 0.3 is 0 Å². The van der Waals surface area contributed by atoms with Gasteiger partial charge in [-0.2, -0.15) is 0 Å². The zero-order valence-corrected chi connectivity index (χ0v) is 9.85. The van der Waals surface area contributed by atoms with Crippen molar-refractivity contribution < 1.29 is 0 Å². The quantitative estimate of drug-likeness (QED) is 0.823. The lowest BCUT2D eigenvalue weighted by Gasteiger charge is -2.41. The van der Waals surface area contributed by atoms with Gasteiger partial charge in [0, 0.05) is 34.1 Å². The summed E-state index contributed by atoms with van der Waals surface area (Å²) in [6.45, 7) is 0.739. The summed E-state index contributed by atoms with van der Waals surface area (Å²) in [5.74, 6) is 0. The Hall–Kier alpha value is -0.990. The van der Waals surface area contributed by atoms with E-state index in [-0.39, 0.29) is 5.41 Å².